The molecule has 4 N–H and O–H groups in total. The van der Waals surface area contributed by atoms with Crippen LogP contribution in [0.4, 0.5) is 0 Å². The summed E-state index contributed by atoms with van der Waals surface area (Å²) >= 11 is 3.40. The summed E-state index contributed by atoms with van der Waals surface area (Å²) in [6.07, 6.45) is 8.95. The monoisotopic (exact) mass is 457 g/mol. The van der Waals surface area contributed by atoms with Gasteiger partial charge in [0.25, 0.3) is 0 Å². The van der Waals surface area contributed by atoms with Crippen LogP contribution in [0.2, 0.25) is 0 Å². The second-order valence-electron chi connectivity index (χ2n) is 6.73. The number of hydrazine groups is 1. The predicted octanol–water partition coefficient (Wildman–Crippen LogP) is 2.95. The maximum atomic E-state index is 12.9. The largest absolute Gasteiger partial charge is 0.464 e. The van der Waals surface area contributed by atoms with Gasteiger partial charge in [0.05, 0.1) is 11.6 Å². The lowest BCUT2D eigenvalue weighted by Crippen LogP contribution is -2.31. The maximum absolute atomic E-state index is 12.9. The van der Waals surface area contributed by atoms with E-state index in [1.54, 1.807) is 42.0 Å². The summed E-state index contributed by atoms with van der Waals surface area (Å²) in [7, 11) is 0. The van der Waals surface area contributed by atoms with Crippen molar-refractivity contribution in [2.24, 2.45) is 11.6 Å². The van der Waals surface area contributed by atoms with Gasteiger partial charge in [0, 0.05) is 61.0 Å². The van der Waals surface area contributed by atoms with Crippen LogP contribution in [-0.2, 0) is 13.1 Å². The SMILES string of the molecule is N/C=C\N(N)CCCN(Cc1ccncc1)Cc1coc2cc(Br)ccc2c1=O. The minimum atomic E-state index is -0.00926. The van der Waals surface area contributed by atoms with E-state index in [9.17, 15) is 4.79 Å². The van der Waals surface area contributed by atoms with Crippen LogP contribution in [0, 0.1) is 0 Å². The van der Waals surface area contributed by atoms with Crippen molar-refractivity contribution < 1.29 is 4.42 Å². The number of hydrogen-bond acceptors (Lipinski definition) is 7. The van der Waals surface area contributed by atoms with Gasteiger partial charge >= 0.3 is 0 Å². The fraction of sp³-hybridized carbons (Fsp3) is 0.238. The molecule has 0 fully saturated rings. The van der Waals surface area contributed by atoms with Crippen molar-refractivity contribution in [1.82, 2.24) is 14.9 Å². The molecule has 2 aromatic heterocycles. The van der Waals surface area contributed by atoms with Gasteiger partial charge < -0.3 is 15.2 Å². The summed E-state index contributed by atoms with van der Waals surface area (Å²) in [5.74, 6) is 5.85. The normalized spacial score (nSPS) is 11.6. The van der Waals surface area contributed by atoms with Crippen LogP contribution in [-0.4, -0.2) is 28.0 Å². The third-order valence-corrected chi connectivity index (χ3v) is 5.02. The van der Waals surface area contributed by atoms with E-state index in [0.29, 0.717) is 36.2 Å². The lowest BCUT2D eigenvalue weighted by Gasteiger charge is -2.23. The first-order valence-electron chi connectivity index (χ1n) is 9.28. The van der Waals surface area contributed by atoms with Gasteiger partial charge in [-0.05, 0) is 42.3 Å². The van der Waals surface area contributed by atoms with Gasteiger partial charge in [0.2, 0.25) is 0 Å². The van der Waals surface area contributed by atoms with E-state index in [1.807, 2.05) is 18.2 Å². The molecular weight excluding hydrogens is 434 g/mol. The van der Waals surface area contributed by atoms with Gasteiger partial charge in [-0.2, -0.15) is 0 Å². The molecule has 0 saturated carbocycles. The average Bonchev–Trinajstić information content (AvgIpc) is 2.71. The van der Waals surface area contributed by atoms with Crippen LogP contribution in [0.5, 0.6) is 0 Å². The number of fused-ring (bicyclic) bond motifs is 1. The third kappa shape index (κ3) is 5.90. The summed E-state index contributed by atoms with van der Waals surface area (Å²) < 4.78 is 6.59. The van der Waals surface area contributed by atoms with Crippen LogP contribution >= 0.6 is 15.9 Å². The zero-order valence-electron chi connectivity index (χ0n) is 16.0. The van der Waals surface area contributed by atoms with Crippen molar-refractivity contribution in [3.8, 4) is 0 Å². The van der Waals surface area contributed by atoms with Gasteiger partial charge in [-0.3, -0.25) is 14.7 Å². The number of benzene rings is 1. The molecular formula is C21H24BrN5O2. The van der Waals surface area contributed by atoms with Gasteiger partial charge in [-0.1, -0.05) is 15.9 Å². The Labute approximate surface area is 177 Å². The third-order valence-electron chi connectivity index (χ3n) is 4.53. The molecule has 1 aromatic carbocycles. The number of hydrogen-bond donors (Lipinski definition) is 2. The van der Waals surface area contributed by atoms with Crippen molar-refractivity contribution in [2.45, 2.75) is 19.5 Å². The molecule has 0 aliphatic heterocycles. The minimum absolute atomic E-state index is 0.00926. The number of nitrogens with two attached hydrogens (primary N) is 2. The molecule has 0 aliphatic rings. The zero-order chi connectivity index (χ0) is 20.6. The molecule has 0 amide bonds. The summed E-state index contributed by atoms with van der Waals surface area (Å²) in [5, 5.41) is 2.13. The smallest absolute Gasteiger partial charge is 0.197 e. The first-order valence-corrected chi connectivity index (χ1v) is 10.1. The Balaban J connectivity index is 1.78. The lowest BCUT2D eigenvalue weighted by molar-refractivity contribution is 0.236. The van der Waals surface area contributed by atoms with E-state index >= 15 is 0 Å². The Hall–Kier alpha value is -2.68. The molecule has 0 unspecified atom stereocenters. The van der Waals surface area contributed by atoms with E-state index in [-0.39, 0.29) is 5.43 Å². The highest BCUT2D eigenvalue weighted by molar-refractivity contribution is 9.10. The quantitative estimate of drug-likeness (QED) is 0.376. The molecule has 3 aromatic rings. The number of nitrogens with zero attached hydrogens (tertiary/aromatic N) is 3. The van der Waals surface area contributed by atoms with E-state index in [4.69, 9.17) is 16.0 Å². The Morgan fingerprint density at radius 3 is 2.69 bits per heavy atom. The van der Waals surface area contributed by atoms with Crippen molar-refractivity contribution in [3.63, 3.8) is 0 Å². The first kappa shape index (κ1) is 21.0. The Morgan fingerprint density at radius 2 is 1.93 bits per heavy atom. The fourth-order valence-electron chi connectivity index (χ4n) is 3.11. The summed E-state index contributed by atoms with van der Waals surface area (Å²) in [6.45, 7) is 2.58. The van der Waals surface area contributed by atoms with E-state index in [0.717, 1.165) is 23.0 Å². The molecule has 0 atom stereocenters. The van der Waals surface area contributed by atoms with Crippen LogP contribution < -0.4 is 17.0 Å². The number of pyridine rings is 1. The molecule has 0 bridgehead atoms. The highest BCUT2D eigenvalue weighted by Crippen LogP contribution is 2.18. The molecule has 2 heterocycles. The zero-order valence-corrected chi connectivity index (χ0v) is 17.6. The summed E-state index contributed by atoms with van der Waals surface area (Å²) in [4.78, 5) is 19.2. The molecule has 8 heteroatoms. The van der Waals surface area contributed by atoms with Crippen molar-refractivity contribution in [2.75, 3.05) is 13.1 Å². The van der Waals surface area contributed by atoms with E-state index in [2.05, 4.69) is 25.8 Å². The van der Waals surface area contributed by atoms with Crippen LogP contribution in [0.15, 0.2) is 75.1 Å². The Bertz CT molecular complexity index is 1020. The Kier molecular flexibility index (Phi) is 7.40. The van der Waals surface area contributed by atoms with Crippen LogP contribution in [0.3, 0.4) is 0 Å². The van der Waals surface area contributed by atoms with Crippen molar-refractivity contribution in [1.29, 1.82) is 0 Å². The molecule has 0 saturated heterocycles. The first-order chi connectivity index (χ1) is 14.1. The Morgan fingerprint density at radius 1 is 1.14 bits per heavy atom. The molecule has 0 radical (unpaired) electrons. The fourth-order valence-corrected chi connectivity index (χ4v) is 3.45. The number of aromatic nitrogens is 1. The molecule has 3 rings (SSSR count). The summed E-state index contributed by atoms with van der Waals surface area (Å²) in [6, 6.07) is 9.38. The highest BCUT2D eigenvalue weighted by atomic mass is 79.9. The van der Waals surface area contributed by atoms with Crippen LogP contribution in [0.1, 0.15) is 17.5 Å². The van der Waals surface area contributed by atoms with Gasteiger partial charge in [-0.15, -0.1) is 0 Å². The predicted molar refractivity (Wildman–Crippen MR) is 117 cm³/mol. The molecule has 0 spiro atoms. The topological polar surface area (TPSA) is 102 Å². The second-order valence-corrected chi connectivity index (χ2v) is 7.65. The lowest BCUT2D eigenvalue weighted by atomic mass is 10.1. The number of rotatable bonds is 9. The van der Waals surface area contributed by atoms with Crippen molar-refractivity contribution >= 4 is 26.9 Å². The van der Waals surface area contributed by atoms with Crippen molar-refractivity contribution in [3.05, 3.63) is 87.2 Å². The molecule has 0 aliphatic carbocycles. The minimum Gasteiger partial charge on any atom is -0.464 e. The standard InChI is InChI=1S/C21H24BrN5O2/c22-18-2-3-19-20(12-18)29-15-17(21(19)28)14-26(9-1-10-27(24)11-6-23)13-16-4-7-25-8-5-16/h2-8,11-12,15H,1,9-10,13-14,23-24H2/b11-6-. The maximum Gasteiger partial charge on any atom is 0.197 e. The van der Waals surface area contributed by atoms with Gasteiger partial charge in [0.1, 0.15) is 5.58 Å². The van der Waals surface area contributed by atoms with Gasteiger partial charge in [-0.25, -0.2) is 5.84 Å². The summed E-state index contributed by atoms with van der Waals surface area (Å²) in [5.41, 5.74) is 7.68. The van der Waals surface area contributed by atoms with E-state index in [1.165, 1.54) is 6.20 Å². The number of halogens is 1. The van der Waals surface area contributed by atoms with E-state index < -0.39 is 0 Å². The molecule has 29 heavy (non-hydrogen) atoms. The second kappa shape index (κ2) is 10.2. The molecule has 152 valence electrons. The van der Waals surface area contributed by atoms with Crippen LogP contribution in [0.25, 0.3) is 11.0 Å². The highest BCUT2D eigenvalue weighted by Gasteiger charge is 2.13. The molecule has 7 nitrogen and oxygen atoms in total. The van der Waals surface area contributed by atoms with Gasteiger partial charge in [0.15, 0.2) is 5.43 Å². The average molecular weight is 458 g/mol.